The molecule has 3 aromatic heterocycles. The summed E-state index contributed by atoms with van der Waals surface area (Å²) in [5.41, 5.74) is 15.0. The Morgan fingerprint density at radius 3 is 2.29 bits per heavy atom. The van der Waals surface area contributed by atoms with Crippen LogP contribution in [0.5, 0.6) is 0 Å². The monoisotopic (exact) mass is 1090 g/mol. The van der Waals surface area contributed by atoms with Gasteiger partial charge in [0.05, 0.1) is 40.8 Å². The maximum atomic E-state index is 14.0. The molecule has 3 fully saturated rings. The summed E-state index contributed by atoms with van der Waals surface area (Å²) in [4.78, 5) is 61.6. The second-order valence-corrected chi connectivity index (χ2v) is 23.2. The minimum atomic E-state index is -0.745. The van der Waals surface area contributed by atoms with Crippen molar-refractivity contribution in [3.8, 4) is 22.5 Å². The molecule has 1 aliphatic heterocycles. The Hall–Kier alpha value is -4.58. The highest BCUT2D eigenvalue weighted by Crippen LogP contribution is 2.42. The molecule has 4 heterocycles. The molecule has 2 aliphatic carbocycles. The number of nitrogens with zero attached hydrogens (tertiary/aromatic N) is 5. The van der Waals surface area contributed by atoms with E-state index in [9.17, 15) is 19.2 Å². The number of aryl methyl sites for hydroxylation is 1. The maximum absolute atomic E-state index is 14.0. The number of nitrogens with one attached hydrogen (secondary N) is 2. The summed E-state index contributed by atoms with van der Waals surface area (Å²) in [5, 5.41) is 8.78. The highest BCUT2D eigenvalue weighted by molar-refractivity contribution is 7.10. The second kappa shape index (κ2) is 33.8. The van der Waals surface area contributed by atoms with Crippen molar-refractivity contribution >= 4 is 46.3 Å². The Morgan fingerprint density at radius 2 is 1.71 bits per heavy atom. The van der Waals surface area contributed by atoms with Crippen LogP contribution in [0.2, 0.25) is 0 Å². The topological polar surface area (TPSA) is 183 Å². The highest BCUT2D eigenvalue weighted by atomic mass is 32.1. The quantitative estimate of drug-likeness (QED) is 0.0507. The third kappa shape index (κ3) is 19.9. The zero-order chi connectivity index (χ0) is 56.5. The first kappa shape index (κ1) is 64.9. The number of ether oxygens (including phenoxy) is 3. The number of hydrogen-bond acceptors (Lipinski definition) is 13. The molecule has 5 unspecified atom stereocenters. The zero-order valence-corrected chi connectivity index (χ0v) is 50.0. The van der Waals surface area contributed by atoms with Gasteiger partial charge in [0.2, 0.25) is 5.91 Å². The normalized spacial score (nSPS) is 16.4. The Bertz CT molecular complexity index is 2380. The number of carbonyl (C=O) groups excluding carboxylic acids is 4. The standard InChI is InChI=1S/C43H59N7O5S.C9H20O.C6H13NO.C3H6/c1-8-49-36-18-17-30(22-32(36)33(24-43(3,4)26-55-27-51)40(49)31-16-13-19-44-38(31)28(2)54-7)35-25-56-37(46-35)23-34(42(53)50-21-12-11-20-45-50)47-41(52)39(48(5)6)29-14-9-10-15-29;1-5-8(3)9(6-2)7-10-4;1-2-3-6(8)4-5-7;1-2-3-1/h13,16-19,22,25,27-29,34,39,45H,8-12,14-15,20-21,23-24,26H2,1-7H3,(H,47,52);8-9H,5-7H2,1-4H3;2-5,7H2,1H3;1-3H2. The average molecular weight is 1090 g/mol. The first-order chi connectivity index (χ1) is 37.0. The van der Waals surface area contributed by atoms with Crippen LogP contribution >= 0.6 is 11.3 Å². The number of methoxy groups -OCH3 is 2. The number of carbonyl (C=O) groups is 4. The number of Topliss-reactive ketones (excluding diaryl/α,β-unsaturated/α-hetero) is 1. The van der Waals surface area contributed by atoms with Gasteiger partial charge < -0.3 is 29.8 Å². The molecule has 7 rings (SSSR count). The number of likely N-dealkylation sites (N-methyl/N-ethyl adjacent to an activating group) is 1. The SMILES string of the molecule is C1CC1.CCC(C)C(CC)COC.CCCC(=O)CCN.CCn1c(-c2cccnc2C(C)OC)c(CC(C)(C)COC=O)c2cc(-c3csc(CC(NC(=O)C(C4CCCC4)N(C)C)C(=O)N4CCCCN4)n3)ccc21. The van der Waals surface area contributed by atoms with Crippen molar-refractivity contribution in [1.29, 1.82) is 0 Å². The molecule has 15 nitrogen and oxygen atoms in total. The number of hydrazine groups is 1. The number of rotatable bonds is 26. The molecule has 5 atom stereocenters. The van der Waals surface area contributed by atoms with Gasteiger partial charge in [-0.05, 0) is 121 Å². The van der Waals surface area contributed by atoms with Crippen LogP contribution in [0.25, 0.3) is 33.4 Å². The lowest BCUT2D eigenvalue weighted by atomic mass is 9.84. The van der Waals surface area contributed by atoms with Crippen LogP contribution in [0.3, 0.4) is 0 Å². The molecule has 0 bridgehead atoms. The number of pyridine rings is 1. The molecule has 4 N–H and O–H groups in total. The first-order valence-electron chi connectivity index (χ1n) is 28.9. The van der Waals surface area contributed by atoms with Gasteiger partial charge in [0, 0.05) is 98.7 Å². The summed E-state index contributed by atoms with van der Waals surface area (Å²) in [6.45, 7) is 21.4. The van der Waals surface area contributed by atoms with Gasteiger partial charge >= 0.3 is 0 Å². The van der Waals surface area contributed by atoms with Crippen molar-refractivity contribution in [2.24, 2.45) is 28.9 Å². The molecule has 3 aliphatic rings. The summed E-state index contributed by atoms with van der Waals surface area (Å²) < 4.78 is 18.5. The van der Waals surface area contributed by atoms with Crippen molar-refractivity contribution < 1.29 is 33.4 Å². The third-order valence-electron chi connectivity index (χ3n) is 15.1. The van der Waals surface area contributed by atoms with E-state index >= 15 is 0 Å². The Morgan fingerprint density at radius 1 is 0.987 bits per heavy atom. The fraction of sp³-hybridized carbons (Fsp3) is 0.672. The Balaban J connectivity index is 0.000000509. The van der Waals surface area contributed by atoms with Crippen molar-refractivity contribution in [1.82, 2.24) is 35.2 Å². The molecule has 16 heteroatoms. The number of amides is 2. The van der Waals surface area contributed by atoms with Crippen molar-refractivity contribution in [2.75, 3.05) is 61.2 Å². The number of ketones is 1. The van der Waals surface area contributed by atoms with E-state index < -0.39 is 6.04 Å². The maximum Gasteiger partial charge on any atom is 0.293 e. The van der Waals surface area contributed by atoms with E-state index in [-0.39, 0.29) is 47.7 Å². The predicted octanol–water partition coefficient (Wildman–Crippen LogP) is 11.2. The van der Waals surface area contributed by atoms with E-state index in [1.165, 1.54) is 43.4 Å². The van der Waals surface area contributed by atoms with Crippen LogP contribution in [0, 0.1) is 23.2 Å². The summed E-state index contributed by atoms with van der Waals surface area (Å²) in [5.74, 6) is 1.91. The van der Waals surface area contributed by atoms with Gasteiger partial charge in [-0.1, -0.05) is 92.6 Å². The predicted molar refractivity (Wildman–Crippen MR) is 313 cm³/mol. The molecule has 4 aromatic rings. The van der Waals surface area contributed by atoms with Crippen LogP contribution in [0.1, 0.15) is 168 Å². The van der Waals surface area contributed by atoms with E-state index in [2.05, 4.69) is 81.1 Å². The fourth-order valence-electron chi connectivity index (χ4n) is 10.4. The molecule has 1 aromatic carbocycles. The van der Waals surface area contributed by atoms with Gasteiger partial charge in [0.25, 0.3) is 12.4 Å². The number of fused-ring (bicyclic) bond motifs is 1. The fourth-order valence-corrected chi connectivity index (χ4v) is 11.3. The number of thiazole rings is 1. The Kier molecular flexibility index (Phi) is 28.5. The van der Waals surface area contributed by atoms with Gasteiger partial charge in [0.1, 0.15) is 11.8 Å². The lowest BCUT2D eigenvalue weighted by Crippen LogP contribution is -2.58. The highest BCUT2D eigenvalue weighted by Gasteiger charge is 2.36. The van der Waals surface area contributed by atoms with E-state index in [4.69, 9.17) is 29.9 Å². The number of aromatic nitrogens is 3. The van der Waals surface area contributed by atoms with E-state index in [0.29, 0.717) is 45.2 Å². The largest absolute Gasteiger partial charge is 0.467 e. The number of hydrogen-bond donors (Lipinski definition) is 3. The summed E-state index contributed by atoms with van der Waals surface area (Å²) in [7, 11) is 7.38. The minimum absolute atomic E-state index is 0.0959. The van der Waals surface area contributed by atoms with Crippen LogP contribution in [0.4, 0.5) is 0 Å². The van der Waals surface area contributed by atoms with E-state index in [1.807, 2.05) is 44.3 Å². The van der Waals surface area contributed by atoms with Gasteiger partial charge in [0.15, 0.2) is 0 Å². The van der Waals surface area contributed by atoms with Crippen LogP contribution in [0.15, 0.2) is 41.9 Å². The number of benzene rings is 1. The molecule has 1 saturated heterocycles. The molecular formula is C61H98N8O7S. The van der Waals surface area contributed by atoms with Crippen LogP contribution in [-0.2, 0) is 52.8 Å². The van der Waals surface area contributed by atoms with E-state index in [1.54, 1.807) is 25.4 Å². The van der Waals surface area contributed by atoms with Gasteiger partial charge in [-0.15, -0.1) is 11.3 Å². The van der Waals surface area contributed by atoms with E-state index in [0.717, 1.165) is 126 Å². The lowest BCUT2D eigenvalue weighted by Gasteiger charge is -2.33. The third-order valence-corrected chi connectivity index (χ3v) is 15.9. The average Bonchev–Trinajstić information content (AvgIpc) is 4.03. The van der Waals surface area contributed by atoms with Crippen molar-refractivity contribution in [3.05, 3.63) is 58.2 Å². The minimum Gasteiger partial charge on any atom is -0.467 e. The molecule has 0 radical (unpaired) electrons. The molecular weight excluding hydrogens is 989 g/mol. The second-order valence-electron chi connectivity index (χ2n) is 22.2. The van der Waals surface area contributed by atoms with Crippen molar-refractivity contribution in [3.63, 3.8) is 0 Å². The Labute approximate surface area is 466 Å². The molecule has 0 spiro atoms. The molecule has 430 valence electrons. The first-order valence-corrected chi connectivity index (χ1v) is 29.8. The van der Waals surface area contributed by atoms with Crippen molar-refractivity contribution in [2.45, 2.75) is 183 Å². The molecule has 2 amide bonds. The summed E-state index contributed by atoms with van der Waals surface area (Å²) in [6.07, 6.45) is 17.9. The van der Waals surface area contributed by atoms with Crippen LogP contribution < -0.4 is 16.5 Å². The van der Waals surface area contributed by atoms with Crippen LogP contribution in [-0.4, -0.2) is 122 Å². The summed E-state index contributed by atoms with van der Waals surface area (Å²) in [6, 6.07) is 9.50. The van der Waals surface area contributed by atoms with Gasteiger partial charge in [-0.25, -0.2) is 10.4 Å². The molecule has 77 heavy (non-hydrogen) atoms. The lowest BCUT2D eigenvalue weighted by molar-refractivity contribution is -0.141. The number of nitrogens with two attached hydrogens (primary N) is 1. The molecule has 2 saturated carbocycles. The van der Waals surface area contributed by atoms with Gasteiger partial charge in [-0.3, -0.25) is 34.1 Å². The zero-order valence-electron chi connectivity index (χ0n) is 49.2. The van der Waals surface area contributed by atoms with Gasteiger partial charge in [-0.2, -0.15) is 0 Å². The summed E-state index contributed by atoms with van der Waals surface area (Å²) >= 11 is 1.51. The smallest absolute Gasteiger partial charge is 0.293 e.